The van der Waals surface area contributed by atoms with E-state index in [9.17, 15) is 4.79 Å². The quantitative estimate of drug-likeness (QED) is 0.511. The van der Waals surface area contributed by atoms with E-state index in [-0.39, 0.29) is 11.9 Å². The Hall–Kier alpha value is -3.42. The fourth-order valence-corrected chi connectivity index (χ4v) is 4.09. The molecule has 1 fully saturated rings. The summed E-state index contributed by atoms with van der Waals surface area (Å²) in [6, 6.07) is 17.0. The highest BCUT2D eigenvalue weighted by atomic mass is 35.5. The van der Waals surface area contributed by atoms with Crippen LogP contribution in [0.2, 0.25) is 5.02 Å². The minimum absolute atomic E-state index is 0.152. The van der Waals surface area contributed by atoms with Gasteiger partial charge in [0.25, 0.3) is 5.91 Å². The summed E-state index contributed by atoms with van der Waals surface area (Å²) < 4.78 is 1.65. The molecule has 1 aliphatic rings. The highest BCUT2D eigenvalue weighted by Crippen LogP contribution is 2.29. The van der Waals surface area contributed by atoms with Gasteiger partial charge in [0.05, 0.1) is 17.6 Å². The van der Waals surface area contributed by atoms with Crippen LogP contribution < -0.4 is 16.0 Å². The van der Waals surface area contributed by atoms with Gasteiger partial charge in [0.1, 0.15) is 5.69 Å². The van der Waals surface area contributed by atoms with Crippen molar-refractivity contribution in [1.82, 2.24) is 14.6 Å². The number of hydrogen-bond acceptors (Lipinski definition) is 5. The number of halogens is 1. The lowest BCUT2D eigenvalue weighted by Crippen LogP contribution is -2.27. The van der Waals surface area contributed by atoms with E-state index in [1.165, 1.54) is 0 Å². The summed E-state index contributed by atoms with van der Waals surface area (Å²) in [5.74, 6) is -0.281. The number of para-hydroxylation sites is 2. The highest BCUT2D eigenvalue weighted by molar-refractivity contribution is 6.30. The number of amides is 1. The Morgan fingerprint density at radius 2 is 2.03 bits per heavy atom. The molecule has 0 radical (unpaired) electrons. The summed E-state index contributed by atoms with van der Waals surface area (Å²) in [6.45, 7) is 1.65. The van der Waals surface area contributed by atoms with Gasteiger partial charge in [-0.25, -0.2) is 9.50 Å². The summed E-state index contributed by atoms with van der Waals surface area (Å²) in [7, 11) is 0. The SMILES string of the molecule is N[C@@H]1CCN(c2ccccc2NC(=O)c2ccn3ncc(-c4cccc(Cl)c4)c3n2)C1. The first-order valence-electron chi connectivity index (χ1n) is 10.1. The van der Waals surface area contributed by atoms with Gasteiger partial charge in [-0.15, -0.1) is 0 Å². The van der Waals surface area contributed by atoms with Gasteiger partial charge in [-0.1, -0.05) is 35.9 Å². The standard InChI is InChI=1S/C23H21ClN6O/c24-16-5-3-4-15(12-16)18-13-26-30-11-9-20(27-22(18)30)23(31)28-19-6-1-2-7-21(19)29-10-8-17(25)14-29/h1-7,9,11-13,17H,8,10,14,25H2,(H,28,31)/t17-/m1/s1. The fourth-order valence-electron chi connectivity index (χ4n) is 3.90. The molecule has 3 heterocycles. The van der Waals surface area contributed by atoms with E-state index >= 15 is 0 Å². The maximum Gasteiger partial charge on any atom is 0.274 e. The molecule has 1 aliphatic heterocycles. The Bertz CT molecular complexity index is 1270. The molecule has 0 unspecified atom stereocenters. The molecule has 7 nitrogen and oxygen atoms in total. The minimum atomic E-state index is -0.281. The summed E-state index contributed by atoms with van der Waals surface area (Å²) in [6.07, 6.45) is 4.40. The van der Waals surface area contributed by atoms with Gasteiger partial charge in [0.2, 0.25) is 0 Å². The Kier molecular flexibility index (Phi) is 5.05. The monoisotopic (exact) mass is 432 g/mol. The largest absolute Gasteiger partial charge is 0.368 e. The van der Waals surface area contributed by atoms with E-state index < -0.39 is 0 Å². The van der Waals surface area contributed by atoms with Crippen LogP contribution in [0.5, 0.6) is 0 Å². The molecular formula is C23H21ClN6O. The third-order valence-corrected chi connectivity index (χ3v) is 5.69. The molecule has 0 saturated carbocycles. The molecule has 3 N–H and O–H groups in total. The molecule has 1 saturated heterocycles. The molecule has 0 bridgehead atoms. The Morgan fingerprint density at radius 3 is 2.84 bits per heavy atom. The van der Waals surface area contributed by atoms with Crippen LogP contribution in [0.1, 0.15) is 16.9 Å². The van der Waals surface area contributed by atoms with Crippen molar-refractivity contribution in [2.45, 2.75) is 12.5 Å². The topological polar surface area (TPSA) is 88.5 Å². The molecule has 0 aliphatic carbocycles. The van der Waals surface area contributed by atoms with E-state index in [0.717, 1.165) is 42.0 Å². The normalized spacial score (nSPS) is 16.1. The van der Waals surface area contributed by atoms with Crippen molar-refractivity contribution in [3.8, 4) is 11.1 Å². The van der Waals surface area contributed by atoms with Gasteiger partial charge >= 0.3 is 0 Å². The molecule has 2 aromatic carbocycles. The van der Waals surface area contributed by atoms with E-state index in [2.05, 4.69) is 20.3 Å². The average molecular weight is 433 g/mol. The van der Waals surface area contributed by atoms with Crippen molar-refractivity contribution >= 4 is 34.5 Å². The lowest BCUT2D eigenvalue weighted by molar-refractivity contribution is 0.102. The van der Waals surface area contributed by atoms with Crippen molar-refractivity contribution in [1.29, 1.82) is 0 Å². The van der Waals surface area contributed by atoms with Crippen LogP contribution >= 0.6 is 11.6 Å². The number of anilines is 2. The van der Waals surface area contributed by atoms with Crippen LogP contribution in [0.25, 0.3) is 16.8 Å². The summed E-state index contributed by atoms with van der Waals surface area (Å²) >= 11 is 6.14. The summed E-state index contributed by atoms with van der Waals surface area (Å²) in [5, 5.41) is 7.98. The molecule has 1 amide bonds. The molecule has 8 heteroatoms. The van der Waals surface area contributed by atoms with E-state index in [0.29, 0.717) is 16.4 Å². The minimum Gasteiger partial charge on any atom is -0.368 e. The lowest BCUT2D eigenvalue weighted by Gasteiger charge is -2.21. The second-order valence-electron chi connectivity index (χ2n) is 7.62. The second-order valence-corrected chi connectivity index (χ2v) is 8.05. The van der Waals surface area contributed by atoms with Crippen molar-refractivity contribution in [2.75, 3.05) is 23.3 Å². The number of hydrogen-bond donors (Lipinski definition) is 2. The Balaban J connectivity index is 1.45. The molecule has 4 aromatic rings. The molecule has 156 valence electrons. The van der Waals surface area contributed by atoms with Crippen molar-refractivity contribution in [3.05, 3.63) is 77.7 Å². The summed E-state index contributed by atoms with van der Waals surface area (Å²) in [4.78, 5) is 19.8. The van der Waals surface area contributed by atoms with E-state index in [4.69, 9.17) is 17.3 Å². The van der Waals surface area contributed by atoms with Crippen LogP contribution in [0, 0.1) is 0 Å². The van der Waals surface area contributed by atoms with Gasteiger partial charge in [0.15, 0.2) is 5.65 Å². The number of nitrogens with two attached hydrogens (primary N) is 1. The van der Waals surface area contributed by atoms with E-state index in [1.54, 1.807) is 23.0 Å². The van der Waals surface area contributed by atoms with Gasteiger partial charge in [-0.2, -0.15) is 5.10 Å². The maximum absolute atomic E-state index is 13.0. The number of aromatic nitrogens is 3. The third kappa shape index (κ3) is 3.85. The number of fused-ring (bicyclic) bond motifs is 1. The smallest absolute Gasteiger partial charge is 0.274 e. The predicted molar refractivity (Wildman–Crippen MR) is 123 cm³/mol. The highest BCUT2D eigenvalue weighted by Gasteiger charge is 2.22. The molecule has 0 spiro atoms. The predicted octanol–water partition coefficient (Wildman–Crippen LogP) is 3.84. The van der Waals surface area contributed by atoms with Crippen molar-refractivity contribution in [3.63, 3.8) is 0 Å². The van der Waals surface area contributed by atoms with Crippen LogP contribution in [0.15, 0.2) is 67.0 Å². The third-order valence-electron chi connectivity index (χ3n) is 5.46. The molecule has 5 rings (SSSR count). The number of nitrogens with one attached hydrogen (secondary N) is 1. The van der Waals surface area contributed by atoms with Crippen LogP contribution in [0.4, 0.5) is 11.4 Å². The Labute approximate surface area is 184 Å². The van der Waals surface area contributed by atoms with Crippen LogP contribution in [-0.2, 0) is 0 Å². The fraction of sp³-hybridized carbons (Fsp3) is 0.174. The second kappa shape index (κ2) is 8.02. The number of carbonyl (C=O) groups excluding carboxylic acids is 1. The molecule has 31 heavy (non-hydrogen) atoms. The zero-order valence-corrected chi connectivity index (χ0v) is 17.5. The zero-order chi connectivity index (χ0) is 21.4. The van der Waals surface area contributed by atoms with Crippen LogP contribution in [-0.4, -0.2) is 39.6 Å². The number of nitrogens with zero attached hydrogens (tertiary/aromatic N) is 4. The first-order valence-corrected chi connectivity index (χ1v) is 10.5. The first-order chi connectivity index (χ1) is 15.1. The van der Waals surface area contributed by atoms with Gasteiger partial charge in [0, 0.05) is 35.9 Å². The summed E-state index contributed by atoms with van der Waals surface area (Å²) in [5.41, 5.74) is 10.4. The first kappa shape index (κ1) is 19.5. The zero-order valence-electron chi connectivity index (χ0n) is 16.7. The van der Waals surface area contributed by atoms with Gasteiger partial charge < -0.3 is 16.0 Å². The van der Waals surface area contributed by atoms with Crippen molar-refractivity contribution < 1.29 is 4.79 Å². The number of benzene rings is 2. The van der Waals surface area contributed by atoms with Crippen LogP contribution in [0.3, 0.4) is 0 Å². The van der Waals surface area contributed by atoms with E-state index in [1.807, 2.05) is 48.5 Å². The van der Waals surface area contributed by atoms with Gasteiger partial charge in [-0.05, 0) is 42.3 Å². The number of carbonyl (C=O) groups is 1. The molecule has 2 aromatic heterocycles. The average Bonchev–Trinajstić information content (AvgIpc) is 3.40. The van der Waals surface area contributed by atoms with Crippen molar-refractivity contribution in [2.24, 2.45) is 5.73 Å². The maximum atomic E-state index is 13.0. The molecule has 1 atom stereocenters. The van der Waals surface area contributed by atoms with Gasteiger partial charge in [-0.3, -0.25) is 4.79 Å². The molecular weight excluding hydrogens is 412 g/mol. The number of rotatable bonds is 4. The lowest BCUT2D eigenvalue weighted by atomic mass is 10.1. The Morgan fingerprint density at radius 1 is 1.16 bits per heavy atom.